The van der Waals surface area contributed by atoms with Crippen LogP contribution in [0, 0.1) is 5.92 Å². The van der Waals surface area contributed by atoms with Crippen LogP contribution in [-0.2, 0) is 12.8 Å². The summed E-state index contributed by atoms with van der Waals surface area (Å²) in [5.41, 5.74) is 7.86. The first-order valence-corrected chi connectivity index (χ1v) is 7.97. The number of hydrogen-bond donors (Lipinski definition) is 1. The van der Waals surface area contributed by atoms with Gasteiger partial charge in [-0.15, -0.1) is 11.3 Å². The monoisotopic (exact) mass is 271 g/mol. The molecule has 1 aliphatic carbocycles. The minimum Gasteiger partial charge on any atom is -0.327 e. The highest BCUT2D eigenvalue weighted by molar-refractivity contribution is 7.11. The molecule has 100 valence electrons. The zero-order valence-electron chi connectivity index (χ0n) is 11.4. The van der Waals surface area contributed by atoms with Gasteiger partial charge >= 0.3 is 0 Å². The largest absolute Gasteiger partial charge is 0.327 e. The van der Waals surface area contributed by atoms with Crippen molar-refractivity contribution in [2.75, 3.05) is 0 Å². The Morgan fingerprint density at radius 2 is 1.89 bits per heavy atom. The minimum absolute atomic E-state index is 0.313. The fourth-order valence-electron chi connectivity index (χ4n) is 2.88. The number of benzene rings is 1. The maximum atomic E-state index is 6.40. The van der Waals surface area contributed by atoms with Crippen LogP contribution in [0.1, 0.15) is 34.6 Å². The Morgan fingerprint density at radius 1 is 1.16 bits per heavy atom. The van der Waals surface area contributed by atoms with Crippen LogP contribution in [0.3, 0.4) is 0 Å². The second-order valence-corrected chi connectivity index (χ2v) is 6.76. The van der Waals surface area contributed by atoms with Crippen molar-refractivity contribution >= 4 is 11.3 Å². The van der Waals surface area contributed by atoms with E-state index in [0.29, 0.717) is 17.9 Å². The predicted octanol–water partition coefficient (Wildman–Crippen LogP) is 3.98. The molecule has 1 nitrogen and oxygen atoms in total. The molecule has 3 atom stereocenters. The van der Waals surface area contributed by atoms with Gasteiger partial charge in [-0.25, -0.2) is 0 Å². The van der Waals surface area contributed by atoms with Crippen LogP contribution in [-0.4, -0.2) is 6.04 Å². The first kappa shape index (κ1) is 12.9. The average Bonchev–Trinajstić information content (AvgIpc) is 3.13. The smallest absolute Gasteiger partial charge is 0.0122 e. The molecule has 1 aromatic carbocycles. The molecule has 1 heterocycles. The molecule has 0 aliphatic heterocycles. The van der Waals surface area contributed by atoms with Crippen molar-refractivity contribution in [2.24, 2.45) is 11.7 Å². The van der Waals surface area contributed by atoms with Crippen LogP contribution in [0.4, 0.5) is 0 Å². The van der Waals surface area contributed by atoms with E-state index in [1.165, 1.54) is 21.7 Å². The molecule has 0 amide bonds. The number of nitrogens with two attached hydrogens (primary N) is 1. The van der Waals surface area contributed by atoms with E-state index in [1.807, 2.05) is 11.3 Å². The first-order valence-electron chi connectivity index (χ1n) is 7.16. The fraction of sp³-hybridized carbons (Fsp3) is 0.412. The Balaban J connectivity index is 1.59. The van der Waals surface area contributed by atoms with E-state index >= 15 is 0 Å². The molecule has 0 spiro atoms. The minimum atomic E-state index is 0.313. The molecule has 19 heavy (non-hydrogen) atoms. The molecule has 0 saturated heterocycles. The van der Waals surface area contributed by atoms with E-state index in [4.69, 9.17) is 5.73 Å². The van der Waals surface area contributed by atoms with Gasteiger partial charge in [0.05, 0.1) is 0 Å². The highest BCUT2D eigenvalue weighted by atomic mass is 32.1. The normalized spacial score (nSPS) is 23.3. The van der Waals surface area contributed by atoms with Gasteiger partial charge in [0.1, 0.15) is 0 Å². The zero-order valence-corrected chi connectivity index (χ0v) is 12.2. The predicted molar refractivity (Wildman–Crippen MR) is 82.7 cm³/mol. The van der Waals surface area contributed by atoms with Gasteiger partial charge in [0.15, 0.2) is 0 Å². The van der Waals surface area contributed by atoms with E-state index in [-0.39, 0.29) is 0 Å². The molecule has 2 N–H and O–H groups in total. The SMILES string of the molecule is CCc1ccc(CC(N)C2CC2c2ccccc2)s1. The lowest BCUT2D eigenvalue weighted by Gasteiger charge is -2.10. The third kappa shape index (κ3) is 2.90. The van der Waals surface area contributed by atoms with Crippen molar-refractivity contribution in [3.05, 3.63) is 57.8 Å². The third-order valence-electron chi connectivity index (χ3n) is 4.12. The molecule has 2 aromatic rings. The Kier molecular flexibility index (Phi) is 3.72. The Hall–Kier alpha value is -1.12. The number of rotatable bonds is 5. The lowest BCUT2D eigenvalue weighted by Crippen LogP contribution is -2.25. The van der Waals surface area contributed by atoms with Gasteiger partial charge in [0.25, 0.3) is 0 Å². The highest BCUT2D eigenvalue weighted by Crippen LogP contribution is 2.49. The number of hydrogen-bond acceptors (Lipinski definition) is 2. The third-order valence-corrected chi connectivity index (χ3v) is 5.37. The van der Waals surface area contributed by atoms with Gasteiger partial charge in [-0.05, 0) is 48.8 Å². The summed E-state index contributed by atoms with van der Waals surface area (Å²) >= 11 is 1.92. The molecule has 1 aromatic heterocycles. The van der Waals surface area contributed by atoms with E-state index in [0.717, 1.165) is 12.8 Å². The van der Waals surface area contributed by atoms with Crippen LogP contribution < -0.4 is 5.73 Å². The summed E-state index contributed by atoms with van der Waals surface area (Å²) in [6.45, 7) is 2.21. The quantitative estimate of drug-likeness (QED) is 0.874. The Bertz CT molecular complexity index is 531. The number of thiophene rings is 1. The summed E-state index contributed by atoms with van der Waals surface area (Å²) in [6.07, 6.45) is 3.44. The first-order chi connectivity index (χ1) is 9.28. The Morgan fingerprint density at radius 3 is 2.58 bits per heavy atom. The van der Waals surface area contributed by atoms with E-state index in [2.05, 4.69) is 49.4 Å². The average molecular weight is 271 g/mol. The van der Waals surface area contributed by atoms with Crippen molar-refractivity contribution in [1.82, 2.24) is 0 Å². The van der Waals surface area contributed by atoms with Crippen LogP contribution in [0.25, 0.3) is 0 Å². The van der Waals surface area contributed by atoms with E-state index in [9.17, 15) is 0 Å². The van der Waals surface area contributed by atoms with Gasteiger partial charge in [0.2, 0.25) is 0 Å². The second kappa shape index (κ2) is 5.48. The molecule has 1 saturated carbocycles. The van der Waals surface area contributed by atoms with Crippen LogP contribution >= 0.6 is 11.3 Å². The van der Waals surface area contributed by atoms with Crippen molar-refractivity contribution in [3.8, 4) is 0 Å². The summed E-state index contributed by atoms with van der Waals surface area (Å²) in [4.78, 5) is 2.92. The van der Waals surface area contributed by atoms with Gasteiger partial charge in [-0.3, -0.25) is 0 Å². The molecule has 1 fully saturated rings. The van der Waals surface area contributed by atoms with Crippen LogP contribution in [0.5, 0.6) is 0 Å². The highest BCUT2D eigenvalue weighted by Gasteiger charge is 2.42. The van der Waals surface area contributed by atoms with Crippen molar-refractivity contribution in [3.63, 3.8) is 0 Å². The molecular formula is C17H21NS. The molecule has 2 heteroatoms. The number of aryl methyl sites for hydroxylation is 1. The second-order valence-electron chi connectivity index (χ2n) is 5.51. The Labute approximate surface area is 119 Å². The van der Waals surface area contributed by atoms with Crippen LogP contribution in [0.15, 0.2) is 42.5 Å². The lowest BCUT2D eigenvalue weighted by molar-refractivity contribution is 0.582. The van der Waals surface area contributed by atoms with Crippen molar-refractivity contribution in [1.29, 1.82) is 0 Å². The zero-order chi connectivity index (χ0) is 13.2. The summed E-state index contributed by atoms with van der Waals surface area (Å²) in [5, 5.41) is 0. The van der Waals surface area contributed by atoms with Gasteiger partial charge < -0.3 is 5.73 Å². The fourth-order valence-corrected chi connectivity index (χ4v) is 3.91. The molecular weight excluding hydrogens is 250 g/mol. The molecule has 0 bridgehead atoms. The van der Waals surface area contributed by atoms with E-state index < -0.39 is 0 Å². The summed E-state index contributed by atoms with van der Waals surface area (Å²) in [7, 11) is 0. The maximum absolute atomic E-state index is 6.40. The molecule has 3 unspecified atom stereocenters. The molecule has 1 aliphatic rings. The van der Waals surface area contributed by atoms with Crippen LogP contribution in [0.2, 0.25) is 0 Å². The van der Waals surface area contributed by atoms with Gasteiger partial charge in [-0.1, -0.05) is 37.3 Å². The standard InChI is InChI=1S/C17H21NS/c1-2-13-8-9-14(19-13)10-17(18)16-11-15(16)12-6-4-3-5-7-12/h3-9,15-17H,2,10-11,18H2,1H3. The summed E-state index contributed by atoms with van der Waals surface area (Å²) in [6, 6.07) is 15.6. The molecule has 3 rings (SSSR count). The summed E-state index contributed by atoms with van der Waals surface area (Å²) in [5.74, 6) is 1.37. The van der Waals surface area contributed by atoms with E-state index in [1.54, 1.807) is 0 Å². The van der Waals surface area contributed by atoms with Crippen molar-refractivity contribution < 1.29 is 0 Å². The topological polar surface area (TPSA) is 26.0 Å². The maximum Gasteiger partial charge on any atom is 0.0122 e. The van der Waals surface area contributed by atoms with Gasteiger partial charge in [-0.2, -0.15) is 0 Å². The van der Waals surface area contributed by atoms with Gasteiger partial charge in [0, 0.05) is 15.8 Å². The van der Waals surface area contributed by atoms with Crippen molar-refractivity contribution in [2.45, 2.75) is 38.1 Å². The molecule has 0 radical (unpaired) electrons. The lowest BCUT2D eigenvalue weighted by atomic mass is 10.0. The summed E-state index contributed by atoms with van der Waals surface area (Å²) < 4.78 is 0.